The van der Waals surface area contributed by atoms with Crippen LogP contribution in [0, 0.1) is 5.92 Å². The molecule has 4 rings (SSSR count). The van der Waals surface area contributed by atoms with Crippen LogP contribution in [0.5, 0.6) is 0 Å². The number of hydrogen-bond donors (Lipinski definition) is 2. The summed E-state index contributed by atoms with van der Waals surface area (Å²) in [5.41, 5.74) is 6.21. The summed E-state index contributed by atoms with van der Waals surface area (Å²) in [4.78, 5) is 25.6. The molecule has 0 atom stereocenters. The summed E-state index contributed by atoms with van der Waals surface area (Å²) < 4.78 is 27.5. The number of piperidine rings is 1. The molecule has 0 aliphatic carbocycles. The Morgan fingerprint density at radius 2 is 1.60 bits per heavy atom. The second-order valence-corrected chi connectivity index (χ2v) is 14.0. The van der Waals surface area contributed by atoms with Crippen LogP contribution in [0.1, 0.15) is 62.0 Å². The van der Waals surface area contributed by atoms with Gasteiger partial charge in [-0.25, -0.2) is 13.8 Å². The Morgan fingerprint density at radius 3 is 2.24 bits per heavy atom. The van der Waals surface area contributed by atoms with Crippen molar-refractivity contribution in [2.24, 2.45) is 11.0 Å². The molecule has 0 unspecified atom stereocenters. The minimum absolute atomic E-state index is 0.0000120. The number of carbonyl (C=O) groups is 2. The Bertz CT molecular complexity index is 1610. The van der Waals surface area contributed by atoms with E-state index < -0.39 is 15.9 Å². The first kappa shape index (κ1) is 31.7. The number of rotatable bonds is 7. The lowest BCUT2D eigenvalue weighted by atomic mass is 9.87. The molecule has 42 heavy (non-hydrogen) atoms. The molecule has 8 nitrogen and oxygen atoms in total. The lowest BCUT2D eigenvalue weighted by molar-refractivity contribution is -0.126. The zero-order chi connectivity index (χ0) is 30.7. The smallest absolute Gasteiger partial charge is 0.255 e. The molecule has 1 aliphatic heterocycles. The van der Waals surface area contributed by atoms with Crippen LogP contribution in [0.4, 0.5) is 5.69 Å². The molecule has 2 N–H and O–H groups in total. The second kappa shape index (κ2) is 13.0. The van der Waals surface area contributed by atoms with E-state index in [4.69, 9.17) is 23.2 Å². The third-order valence-corrected chi connectivity index (χ3v) is 9.84. The van der Waals surface area contributed by atoms with Crippen LogP contribution in [0.2, 0.25) is 10.0 Å². The number of nitrogens with zero attached hydrogens (tertiary/aromatic N) is 2. The summed E-state index contributed by atoms with van der Waals surface area (Å²) in [5, 5.41) is 7.55. The zero-order valence-electron chi connectivity index (χ0n) is 23.9. The Hall–Kier alpha value is -3.24. The average Bonchev–Trinajstić information content (AvgIpc) is 2.96. The lowest BCUT2D eigenvalue weighted by Crippen LogP contribution is -2.42. The molecule has 1 saturated heterocycles. The van der Waals surface area contributed by atoms with E-state index in [9.17, 15) is 18.0 Å². The van der Waals surface area contributed by atoms with Gasteiger partial charge in [-0.2, -0.15) is 9.41 Å². The second-order valence-electron chi connectivity index (χ2n) is 11.3. The summed E-state index contributed by atoms with van der Waals surface area (Å²) in [5.74, 6) is -0.894. The Morgan fingerprint density at radius 1 is 0.929 bits per heavy atom. The van der Waals surface area contributed by atoms with Crippen molar-refractivity contribution in [3.05, 3.63) is 93.5 Å². The fraction of sp³-hybridized carbons (Fsp3) is 0.323. The molecular weight excluding hydrogens is 595 g/mol. The van der Waals surface area contributed by atoms with Gasteiger partial charge >= 0.3 is 0 Å². The number of halogens is 2. The van der Waals surface area contributed by atoms with E-state index in [1.807, 2.05) is 30.3 Å². The highest BCUT2D eigenvalue weighted by Gasteiger charge is 2.33. The molecule has 222 valence electrons. The van der Waals surface area contributed by atoms with Crippen molar-refractivity contribution in [2.75, 3.05) is 18.4 Å². The maximum Gasteiger partial charge on any atom is 0.255 e. The van der Waals surface area contributed by atoms with Gasteiger partial charge in [0.2, 0.25) is 15.9 Å². The van der Waals surface area contributed by atoms with E-state index in [0.717, 1.165) is 11.1 Å². The molecule has 0 radical (unpaired) electrons. The predicted octanol–water partition coefficient (Wildman–Crippen LogP) is 6.48. The van der Waals surface area contributed by atoms with E-state index in [-0.39, 0.29) is 45.3 Å². The minimum Gasteiger partial charge on any atom is -0.322 e. The van der Waals surface area contributed by atoms with Crippen molar-refractivity contribution < 1.29 is 18.0 Å². The SMILES string of the molecule is CC(=NNC(=O)C1CCN(S(=O)(=O)c2cc(Cl)ccc2Cl)CC1)c1cccc(NC(=O)c2ccc(C(C)(C)C)cc2)c1. The first-order valence-corrected chi connectivity index (χ1v) is 15.8. The summed E-state index contributed by atoms with van der Waals surface area (Å²) in [7, 11) is -3.84. The molecule has 3 aromatic carbocycles. The first-order valence-electron chi connectivity index (χ1n) is 13.6. The van der Waals surface area contributed by atoms with Crippen molar-refractivity contribution in [2.45, 2.75) is 50.8 Å². The zero-order valence-corrected chi connectivity index (χ0v) is 26.3. The quantitative estimate of drug-likeness (QED) is 0.230. The van der Waals surface area contributed by atoms with Gasteiger partial charge in [0.25, 0.3) is 5.91 Å². The molecule has 1 heterocycles. The topological polar surface area (TPSA) is 108 Å². The third-order valence-electron chi connectivity index (χ3n) is 7.22. The number of nitrogens with one attached hydrogen (secondary N) is 2. The molecule has 0 spiro atoms. The molecular formula is C31H34Cl2N4O4S. The van der Waals surface area contributed by atoms with Crippen LogP contribution in [-0.2, 0) is 20.2 Å². The van der Waals surface area contributed by atoms with Crippen molar-refractivity contribution in [1.29, 1.82) is 0 Å². The predicted molar refractivity (Wildman–Crippen MR) is 168 cm³/mol. The van der Waals surface area contributed by atoms with Crippen LogP contribution in [-0.4, -0.2) is 43.3 Å². The van der Waals surface area contributed by atoms with Gasteiger partial charge in [0.1, 0.15) is 4.90 Å². The number of carbonyl (C=O) groups excluding carboxylic acids is 2. The number of benzene rings is 3. The summed E-state index contributed by atoms with van der Waals surface area (Å²) >= 11 is 12.1. The van der Waals surface area contributed by atoms with Crippen molar-refractivity contribution in [1.82, 2.24) is 9.73 Å². The molecule has 0 aromatic heterocycles. The Labute approximate surface area is 257 Å². The summed E-state index contributed by atoms with van der Waals surface area (Å²) in [6.45, 7) is 8.47. The normalized spacial score (nSPS) is 15.3. The van der Waals surface area contributed by atoms with E-state index in [1.165, 1.54) is 22.5 Å². The van der Waals surface area contributed by atoms with Gasteiger partial charge in [0.05, 0.1) is 10.7 Å². The number of hydrazone groups is 1. The van der Waals surface area contributed by atoms with Crippen LogP contribution in [0.3, 0.4) is 0 Å². The van der Waals surface area contributed by atoms with Gasteiger partial charge in [0, 0.05) is 35.3 Å². The van der Waals surface area contributed by atoms with Crippen molar-refractivity contribution >= 4 is 56.4 Å². The highest BCUT2D eigenvalue weighted by Crippen LogP contribution is 2.30. The van der Waals surface area contributed by atoms with Crippen LogP contribution < -0.4 is 10.7 Å². The maximum atomic E-state index is 13.1. The van der Waals surface area contributed by atoms with Crippen LogP contribution >= 0.6 is 23.2 Å². The van der Waals surface area contributed by atoms with Crippen molar-refractivity contribution in [3.8, 4) is 0 Å². The van der Waals surface area contributed by atoms with Gasteiger partial charge < -0.3 is 5.32 Å². The fourth-order valence-corrected chi connectivity index (χ4v) is 6.82. The molecule has 1 fully saturated rings. The van der Waals surface area contributed by atoms with Crippen LogP contribution in [0.25, 0.3) is 0 Å². The monoisotopic (exact) mass is 628 g/mol. The van der Waals surface area contributed by atoms with Gasteiger partial charge in [-0.05, 0) is 78.8 Å². The van der Waals surface area contributed by atoms with Gasteiger partial charge in [-0.1, -0.05) is 68.2 Å². The minimum atomic E-state index is -3.84. The number of sulfonamides is 1. The van der Waals surface area contributed by atoms with E-state index in [1.54, 1.807) is 25.1 Å². The van der Waals surface area contributed by atoms with E-state index >= 15 is 0 Å². The molecule has 3 aromatic rings. The highest BCUT2D eigenvalue weighted by molar-refractivity contribution is 7.89. The standard InChI is InChI=1S/C31H34Cl2N4O4S/c1-20(23-6-5-7-26(18-23)34-29(38)21-8-10-24(11-9-21)31(2,3)4)35-36-30(39)22-14-16-37(17-15-22)42(40,41)28-19-25(32)12-13-27(28)33/h5-13,18-19,22H,14-17H2,1-4H3,(H,34,38)(H,36,39). The third kappa shape index (κ3) is 7.58. The van der Waals surface area contributed by atoms with Gasteiger partial charge in [-0.3, -0.25) is 9.59 Å². The van der Waals surface area contributed by atoms with Gasteiger partial charge in [-0.15, -0.1) is 0 Å². The lowest BCUT2D eigenvalue weighted by Gasteiger charge is -2.30. The summed E-state index contributed by atoms with van der Waals surface area (Å²) in [6.07, 6.45) is 0.687. The molecule has 0 bridgehead atoms. The number of hydrogen-bond acceptors (Lipinski definition) is 5. The molecule has 2 amide bonds. The van der Waals surface area contributed by atoms with E-state index in [2.05, 4.69) is 36.6 Å². The number of anilines is 1. The molecule has 0 saturated carbocycles. The van der Waals surface area contributed by atoms with Crippen LogP contribution in [0.15, 0.2) is 76.7 Å². The maximum absolute atomic E-state index is 13.1. The first-order chi connectivity index (χ1) is 19.8. The van der Waals surface area contributed by atoms with Gasteiger partial charge in [0.15, 0.2) is 0 Å². The number of amides is 2. The Balaban J connectivity index is 1.34. The van der Waals surface area contributed by atoms with E-state index in [0.29, 0.717) is 29.8 Å². The largest absolute Gasteiger partial charge is 0.322 e. The fourth-order valence-electron chi connectivity index (χ4n) is 4.61. The molecule has 11 heteroatoms. The highest BCUT2D eigenvalue weighted by atomic mass is 35.5. The summed E-state index contributed by atoms with van der Waals surface area (Å²) in [6, 6.07) is 19.1. The average molecular weight is 630 g/mol. The van der Waals surface area contributed by atoms with Crippen molar-refractivity contribution in [3.63, 3.8) is 0 Å². The molecule has 1 aliphatic rings. The Kier molecular flexibility index (Phi) is 9.77.